The molecule has 1 aliphatic heterocycles. The molecule has 4 rings (SSSR count). The third kappa shape index (κ3) is 3.52. The van der Waals surface area contributed by atoms with Crippen LogP contribution in [0.4, 0.5) is 0 Å². The topological polar surface area (TPSA) is 68.2 Å². The lowest BCUT2D eigenvalue weighted by molar-refractivity contribution is 0.0616. The van der Waals surface area contributed by atoms with E-state index in [0.29, 0.717) is 40.2 Å². The maximum atomic E-state index is 12.9. The van der Waals surface area contributed by atoms with Gasteiger partial charge in [-0.3, -0.25) is 9.59 Å². The summed E-state index contributed by atoms with van der Waals surface area (Å²) in [6.07, 6.45) is 3.48. The molecule has 0 saturated carbocycles. The van der Waals surface area contributed by atoms with Crippen molar-refractivity contribution in [3.63, 3.8) is 0 Å². The molecule has 0 fully saturated rings. The number of hydrogen-bond acceptors (Lipinski definition) is 5. The fourth-order valence-electron chi connectivity index (χ4n) is 3.46. The number of carbonyl (C=O) groups excluding carboxylic acids is 2. The molecule has 2 amide bonds. The molecule has 0 unspecified atom stereocenters. The van der Waals surface area contributed by atoms with Gasteiger partial charge in [0.1, 0.15) is 0 Å². The van der Waals surface area contributed by atoms with Crippen molar-refractivity contribution in [2.24, 2.45) is 5.10 Å². The van der Waals surface area contributed by atoms with E-state index in [2.05, 4.69) is 12.0 Å². The SMILES string of the molecule is CCCCOc1ccc(/C=N\N2C(=O)c3cccc4cccc(c34)C2=O)cc1OC. The highest BCUT2D eigenvalue weighted by atomic mass is 16.5. The zero-order chi connectivity index (χ0) is 21.1. The lowest BCUT2D eigenvalue weighted by atomic mass is 9.95. The van der Waals surface area contributed by atoms with E-state index < -0.39 is 11.8 Å². The third-order valence-electron chi connectivity index (χ3n) is 5.02. The van der Waals surface area contributed by atoms with Crippen LogP contribution >= 0.6 is 0 Å². The van der Waals surface area contributed by atoms with E-state index in [-0.39, 0.29) is 0 Å². The van der Waals surface area contributed by atoms with Gasteiger partial charge in [-0.1, -0.05) is 37.6 Å². The van der Waals surface area contributed by atoms with Crippen molar-refractivity contribution < 1.29 is 19.1 Å². The number of methoxy groups -OCH3 is 1. The number of rotatable bonds is 7. The van der Waals surface area contributed by atoms with E-state index in [1.807, 2.05) is 12.1 Å². The molecular formula is C24H22N2O4. The highest BCUT2D eigenvalue weighted by Gasteiger charge is 2.32. The fourth-order valence-corrected chi connectivity index (χ4v) is 3.46. The van der Waals surface area contributed by atoms with E-state index >= 15 is 0 Å². The minimum absolute atomic E-state index is 0.438. The summed E-state index contributed by atoms with van der Waals surface area (Å²) in [5.41, 5.74) is 1.63. The van der Waals surface area contributed by atoms with Crippen LogP contribution in [0.1, 0.15) is 46.0 Å². The number of ether oxygens (including phenoxy) is 2. The van der Waals surface area contributed by atoms with Gasteiger partial charge in [-0.15, -0.1) is 0 Å². The smallest absolute Gasteiger partial charge is 0.282 e. The van der Waals surface area contributed by atoms with Gasteiger partial charge in [0.25, 0.3) is 11.8 Å². The first-order valence-electron chi connectivity index (χ1n) is 9.89. The third-order valence-corrected chi connectivity index (χ3v) is 5.02. The highest BCUT2D eigenvalue weighted by Crippen LogP contribution is 2.31. The van der Waals surface area contributed by atoms with Gasteiger partial charge in [0.05, 0.1) is 31.1 Å². The monoisotopic (exact) mass is 402 g/mol. The molecule has 0 radical (unpaired) electrons. The van der Waals surface area contributed by atoms with Gasteiger partial charge in [0, 0.05) is 5.39 Å². The summed E-state index contributed by atoms with van der Waals surface area (Å²) in [5, 5.41) is 6.64. The molecular weight excluding hydrogens is 380 g/mol. The van der Waals surface area contributed by atoms with Crippen LogP contribution in [0.2, 0.25) is 0 Å². The first kappa shape index (κ1) is 19.6. The Bertz CT molecular complexity index is 1100. The molecule has 6 heteroatoms. The Labute approximate surface area is 174 Å². The van der Waals surface area contributed by atoms with Crippen molar-refractivity contribution in [3.05, 3.63) is 71.3 Å². The maximum absolute atomic E-state index is 12.9. The summed E-state index contributed by atoms with van der Waals surface area (Å²) in [5.74, 6) is 0.342. The molecule has 0 atom stereocenters. The summed E-state index contributed by atoms with van der Waals surface area (Å²) >= 11 is 0. The first-order chi connectivity index (χ1) is 14.6. The summed E-state index contributed by atoms with van der Waals surface area (Å²) in [7, 11) is 1.57. The van der Waals surface area contributed by atoms with Crippen LogP contribution in [0.3, 0.4) is 0 Å². The summed E-state index contributed by atoms with van der Waals surface area (Å²) in [6.45, 7) is 2.71. The Morgan fingerprint density at radius 1 is 0.967 bits per heavy atom. The van der Waals surface area contributed by atoms with Gasteiger partial charge in [0.2, 0.25) is 0 Å². The Kier molecular flexibility index (Phi) is 5.48. The zero-order valence-corrected chi connectivity index (χ0v) is 16.9. The standard InChI is InChI=1S/C24H22N2O4/c1-3-4-13-30-20-12-11-16(14-21(20)29-2)15-25-26-23(27)18-9-5-7-17-8-6-10-19(22(17)18)24(26)28/h5-12,14-15H,3-4,13H2,1-2H3/b25-15-. The van der Waals surface area contributed by atoms with Gasteiger partial charge in [0.15, 0.2) is 11.5 Å². The van der Waals surface area contributed by atoms with Gasteiger partial charge in [-0.05, 0) is 47.7 Å². The number of imide groups is 1. The van der Waals surface area contributed by atoms with Crippen LogP contribution in [0.5, 0.6) is 11.5 Å². The molecule has 0 aromatic heterocycles. The number of carbonyl (C=O) groups is 2. The Hall–Kier alpha value is -3.67. The van der Waals surface area contributed by atoms with Crippen molar-refractivity contribution in [2.45, 2.75) is 19.8 Å². The molecule has 0 N–H and O–H groups in total. The summed E-state index contributed by atoms with van der Waals surface area (Å²) < 4.78 is 11.1. The van der Waals surface area contributed by atoms with Crippen LogP contribution in [0.15, 0.2) is 59.7 Å². The Morgan fingerprint density at radius 2 is 1.67 bits per heavy atom. The molecule has 0 spiro atoms. The van der Waals surface area contributed by atoms with Crippen molar-refractivity contribution in [2.75, 3.05) is 13.7 Å². The fraction of sp³-hybridized carbons (Fsp3) is 0.208. The number of hydrogen-bond donors (Lipinski definition) is 0. The van der Waals surface area contributed by atoms with E-state index in [1.165, 1.54) is 6.21 Å². The second-order valence-electron chi connectivity index (χ2n) is 6.99. The molecule has 3 aromatic rings. The second kappa shape index (κ2) is 8.37. The average Bonchev–Trinajstić information content (AvgIpc) is 2.78. The van der Waals surface area contributed by atoms with Gasteiger partial charge >= 0.3 is 0 Å². The van der Waals surface area contributed by atoms with Crippen molar-refractivity contribution >= 4 is 28.8 Å². The van der Waals surface area contributed by atoms with Crippen molar-refractivity contribution in [1.29, 1.82) is 0 Å². The summed E-state index contributed by atoms with van der Waals surface area (Å²) in [6, 6.07) is 16.2. The van der Waals surface area contributed by atoms with Crippen LogP contribution in [-0.4, -0.2) is 36.8 Å². The molecule has 1 aliphatic rings. The molecule has 0 bridgehead atoms. The number of hydrazone groups is 1. The minimum atomic E-state index is -0.438. The second-order valence-corrected chi connectivity index (χ2v) is 6.99. The molecule has 30 heavy (non-hydrogen) atoms. The van der Waals surface area contributed by atoms with E-state index in [4.69, 9.17) is 9.47 Å². The molecule has 152 valence electrons. The average molecular weight is 402 g/mol. The zero-order valence-electron chi connectivity index (χ0n) is 16.9. The Morgan fingerprint density at radius 3 is 2.30 bits per heavy atom. The van der Waals surface area contributed by atoms with Crippen molar-refractivity contribution in [3.8, 4) is 11.5 Å². The van der Waals surface area contributed by atoms with Crippen LogP contribution in [-0.2, 0) is 0 Å². The van der Waals surface area contributed by atoms with E-state index in [9.17, 15) is 9.59 Å². The van der Waals surface area contributed by atoms with E-state index in [1.54, 1.807) is 49.6 Å². The molecule has 3 aromatic carbocycles. The highest BCUT2D eigenvalue weighted by molar-refractivity contribution is 6.25. The molecule has 6 nitrogen and oxygen atoms in total. The molecule has 1 heterocycles. The summed E-state index contributed by atoms with van der Waals surface area (Å²) in [4.78, 5) is 25.8. The van der Waals surface area contributed by atoms with Gasteiger partial charge in [-0.2, -0.15) is 10.1 Å². The predicted molar refractivity (Wildman–Crippen MR) is 115 cm³/mol. The minimum Gasteiger partial charge on any atom is -0.493 e. The van der Waals surface area contributed by atoms with E-state index in [0.717, 1.165) is 23.2 Å². The normalized spacial score (nSPS) is 13.3. The number of unbranched alkanes of at least 4 members (excludes halogenated alkanes) is 1. The number of benzene rings is 3. The maximum Gasteiger partial charge on any atom is 0.282 e. The largest absolute Gasteiger partial charge is 0.493 e. The lowest BCUT2D eigenvalue weighted by Gasteiger charge is -2.23. The quantitative estimate of drug-likeness (QED) is 0.328. The predicted octanol–water partition coefficient (Wildman–Crippen LogP) is 4.66. The first-order valence-corrected chi connectivity index (χ1v) is 9.89. The number of nitrogens with zero attached hydrogens (tertiary/aromatic N) is 2. The molecule has 0 aliphatic carbocycles. The van der Waals surface area contributed by atoms with Gasteiger partial charge in [-0.25, -0.2) is 0 Å². The lowest BCUT2D eigenvalue weighted by Crippen LogP contribution is -2.36. The van der Waals surface area contributed by atoms with Crippen LogP contribution in [0.25, 0.3) is 10.8 Å². The van der Waals surface area contributed by atoms with Crippen LogP contribution in [0, 0.1) is 0 Å². The molecule has 0 saturated heterocycles. The number of amides is 2. The Balaban J connectivity index is 1.62. The van der Waals surface area contributed by atoms with Crippen molar-refractivity contribution in [1.82, 2.24) is 5.01 Å². The van der Waals surface area contributed by atoms with Crippen LogP contribution < -0.4 is 9.47 Å². The van der Waals surface area contributed by atoms with Gasteiger partial charge < -0.3 is 9.47 Å².